The quantitative estimate of drug-likeness (QED) is 0.484. The van der Waals surface area contributed by atoms with E-state index in [9.17, 15) is 14.4 Å². The Morgan fingerprint density at radius 1 is 0.967 bits per heavy atom. The minimum Gasteiger partial charge on any atom is -0.300 e. The predicted molar refractivity (Wildman–Crippen MR) is 123 cm³/mol. The second-order valence-electron chi connectivity index (χ2n) is 10.7. The summed E-state index contributed by atoms with van der Waals surface area (Å²) in [5, 5.41) is 0. The summed E-state index contributed by atoms with van der Waals surface area (Å²) >= 11 is 0. The van der Waals surface area contributed by atoms with Crippen molar-refractivity contribution in [3.63, 3.8) is 0 Å². The number of ketones is 3. The van der Waals surface area contributed by atoms with Gasteiger partial charge in [-0.05, 0) is 99.9 Å². The van der Waals surface area contributed by atoms with Crippen LogP contribution in [0.1, 0.15) is 100 Å². The molecule has 170 valence electrons. The zero-order valence-corrected chi connectivity index (χ0v) is 20.6. The van der Waals surface area contributed by atoms with E-state index >= 15 is 0 Å². The van der Waals surface area contributed by atoms with Gasteiger partial charge in [-0.1, -0.05) is 40.2 Å². The maximum absolute atomic E-state index is 12.2. The molecule has 0 aromatic rings. The van der Waals surface area contributed by atoms with Crippen LogP contribution in [0.15, 0.2) is 11.6 Å². The summed E-state index contributed by atoms with van der Waals surface area (Å²) in [5.74, 6) is 3.91. The van der Waals surface area contributed by atoms with Crippen molar-refractivity contribution < 1.29 is 14.4 Å². The molecule has 30 heavy (non-hydrogen) atoms. The molecule has 4 aliphatic rings. The van der Waals surface area contributed by atoms with Crippen LogP contribution in [-0.2, 0) is 14.4 Å². The minimum atomic E-state index is 0.167. The van der Waals surface area contributed by atoms with Crippen molar-refractivity contribution in [2.45, 2.75) is 100 Å². The van der Waals surface area contributed by atoms with Gasteiger partial charge in [0.25, 0.3) is 0 Å². The minimum absolute atomic E-state index is 0.167. The van der Waals surface area contributed by atoms with Gasteiger partial charge in [-0.2, -0.15) is 0 Å². The molecule has 3 saturated carbocycles. The highest BCUT2D eigenvalue weighted by Crippen LogP contribution is 2.67. The first-order valence-corrected chi connectivity index (χ1v) is 12.2. The van der Waals surface area contributed by atoms with E-state index in [2.05, 4.69) is 20.8 Å². The van der Waals surface area contributed by atoms with Crippen LogP contribution in [0.3, 0.4) is 0 Å². The summed E-state index contributed by atoms with van der Waals surface area (Å²) < 4.78 is 0. The molecule has 3 heteroatoms. The summed E-state index contributed by atoms with van der Waals surface area (Å²) in [6.07, 6.45) is 9.80. The molecule has 1 unspecified atom stereocenters. The van der Waals surface area contributed by atoms with Gasteiger partial charge in [0.15, 0.2) is 5.78 Å². The van der Waals surface area contributed by atoms with E-state index < -0.39 is 0 Å². The SMILES string of the molecule is CC.CC(=O)[C@H]1CCC2[C@@H]3C[C@H](C)C4=CC(=O)CC[C@]4(C)[C@H]3CC[C@@]21C.CC(C)=O. The fourth-order valence-electron chi connectivity index (χ4n) is 7.65. The normalized spacial score (nSPS) is 41.5. The first kappa shape index (κ1) is 25.0. The van der Waals surface area contributed by atoms with Crippen molar-refractivity contribution in [2.24, 2.45) is 40.4 Å². The Kier molecular flexibility index (Phi) is 7.91. The number of rotatable bonds is 1. The van der Waals surface area contributed by atoms with Crippen LogP contribution in [-0.4, -0.2) is 17.3 Å². The Hall–Kier alpha value is -1.25. The molecule has 0 aromatic carbocycles. The number of fused-ring (bicyclic) bond motifs is 5. The first-order chi connectivity index (χ1) is 14.0. The molecule has 0 aliphatic heterocycles. The molecule has 0 heterocycles. The van der Waals surface area contributed by atoms with Gasteiger partial charge in [0, 0.05) is 12.3 Å². The van der Waals surface area contributed by atoms with Crippen molar-refractivity contribution in [2.75, 3.05) is 0 Å². The predicted octanol–water partition coefficient (Wildman–Crippen LogP) is 6.59. The molecule has 4 rings (SSSR count). The molecule has 0 bridgehead atoms. The monoisotopic (exact) mass is 416 g/mol. The number of carbonyl (C=O) groups excluding carboxylic acids is 3. The lowest BCUT2D eigenvalue weighted by molar-refractivity contribution is -0.129. The topological polar surface area (TPSA) is 51.2 Å². The molecule has 3 nitrogen and oxygen atoms in total. The molecule has 0 amide bonds. The van der Waals surface area contributed by atoms with Crippen molar-refractivity contribution in [1.82, 2.24) is 0 Å². The van der Waals surface area contributed by atoms with Gasteiger partial charge in [0.2, 0.25) is 0 Å². The second-order valence-corrected chi connectivity index (χ2v) is 10.7. The van der Waals surface area contributed by atoms with Crippen molar-refractivity contribution in [1.29, 1.82) is 0 Å². The van der Waals surface area contributed by atoms with Crippen LogP contribution in [0.4, 0.5) is 0 Å². The van der Waals surface area contributed by atoms with E-state index in [1.54, 1.807) is 0 Å². The van der Waals surface area contributed by atoms with E-state index in [0.717, 1.165) is 31.1 Å². The van der Waals surface area contributed by atoms with Gasteiger partial charge in [-0.25, -0.2) is 0 Å². The van der Waals surface area contributed by atoms with Gasteiger partial charge in [-0.15, -0.1) is 0 Å². The third-order valence-corrected chi connectivity index (χ3v) is 8.77. The molecule has 0 aromatic heterocycles. The summed E-state index contributed by atoms with van der Waals surface area (Å²) in [6, 6.07) is 0. The summed E-state index contributed by atoms with van der Waals surface area (Å²) in [7, 11) is 0. The maximum atomic E-state index is 12.2. The number of carbonyl (C=O) groups is 3. The van der Waals surface area contributed by atoms with Gasteiger partial charge in [0.1, 0.15) is 11.6 Å². The molecule has 3 fully saturated rings. The molecular weight excluding hydrogens is 372 g/mol. The average Bonchev–Trinajstić information content (AvgIpc) is 3.02. The van der Waals surface area contributed by atoms with Gasteiger partial charge in [-0.3, -0.25) is 9.59 Å². The number of Topliss-reactive ketones (excluding diaryl/α,β-unsaturated/α-hetero) is 2. The third kappa shape index (κ3) is 4.36. The van der Waals surface area contributed by atoms with Crippen molar-refractivity contribution in [3.8, 4) is 0 Å². The summed E-state index contributed by atoms with van der Waals surface area (Å²) in [5.41, 5.74) is 1.91. The number of allylic oxidation sites excluding steroid dienone is 1. The highest BCUT2D eigenvalue weighted by molar-refractivity contribution is 5.91. The van der Waals surface area contributed by atoms with E-state index in [4.69, 9.17) is 0 Å². The fraction of sp³-hybridized carbons (Fsp3) is 0.815. The second kappa shape index (κ2) is 9.49. The maximum Gasteiger partial charge on any atom is 0.155 e. The van der Waals surface area contributed by atoms with Crippen LogP contribution in [0, 0.1) is 40.4 Å². The fourth-order valence-corrected chi connectivity index (χ4v) is 7.65. The smallest absolute Gasteiger partial charge is 0.155 e. The molecule has 7 atom stereocenters. The lowest BCUT2D eigenvalue weighted by Crippen LogP contribution is -2.52. The Balaban J connectivity index is 0.000000481. The third-order valence-electron chi connectivity index (χ3n) is 8.77. The van der Waals surface area contributed by atoms with Crippen LogP contribution in [0.2, 0.25) is 0 Å². The number of hydrogen-bond acceptors (Lipinski definition) is 3. The lowest BCUT2D eigenvalue weighted by atomic mass is 9.45. The summed E-state index contributed by atoms with van der Waals surface area (Å²) in [6.45, 7) is 16.1. The zero-order chi connectivity index (χ0) is 22.9. The van der Waals surface area contributed by atoms with Gasteiger partial charge >= 0.3 is 0 Å². The molecule has 0 saturated heterocycles. The summed E-state index contributed by atoms with van der Waals surface area (Å²) in [4.78, 5) is 33.7. The van der Waals surface area contributed by atoms with Crippen molar-refractivity contribution in [3.05, 3.63) is 11.6 Å². The van der Waals surface area contributed by atoms with Crippen LogP contribution < -0.4 is 0 Å². The average molecular weight is 417 g/mol. The van der Waals surface area contributed by atoms with E-state index in [1.165, 1.54) is 45.1 Å². The van der Waals surface area contributed by atoms with Crippen molar-refractivity contribution >= 4 is 17.3 Å². The van der Waals surface area contributed by atoms with Crippen LogP contribution in [0.5, 0.6) is 0 Å². The zero-order valence-electron chi connectivity index (χ0n) is 20.6. The number of hydrogen-bond donors (Lipinski definition) is 0. The molecule has 4 aliphatic carbocycles. The highest BCUT2D eigenvalue weighted by Gasteiger charge is 2.60. The molecule has 0 radical (unpaired) electrons. The van der Waals surface area contributed by atoms with Gasteiger partial charge < -0.3 is 4.79 Å². The largest absolute Gasteiger partial charge is 0.300 e. The highest BCUT2D eigenvalue weighted by atomic mass is 16.1. The van der Waals surface area contributed by atoms with E-state index in [0.29, 0.717) is 23.4 Å². The van der Waals surface area contributed by atoms with Crippen LogP contribution in [0.25, 0.3) is 0 Å². The van der Waals surface area contributed by atoms with Crippen LogP contribution >= 0.6 is 0 Å². The Bertz CT molecular complexity index is 701. The van der Waals surface area contributed by atoms with E-state index in [1.807, 2.05) is 26.8 Å². The Morgan fingerprint density at radius 3 is 2.13 bits per heavy atom. The Labute approximate surface area is 184 Å². The Morgan fingerprint density at radius 2 is 1.57 bits per heavy atom. The van der Waals surface area contributed by atoms with E-state index in [-0.39, 0.29) is 22.5 Å². The molecule has 0 spiro atoms. The van der Waals surface area contributed by atoms with Gasteiger partial charge in [0.05, 0.1) is 0 Å². The standard InChI is InChI=1S/C22H32O2.C3H6O.C2H6/c1-13-11-16-18-6-5-17(14(2)23)21(18,3)10-8-19(16)22(4)9-7-15(24)12-20(13)22;1-3(2)4;1-2/h12-13,16-19H,5-11H2,1-4H3;1-2H3;1-2H3/t13-,16-,17+,18?,19-,21+,22+;;/m0../s1. The molecule has 0 N–H and O–H groups in total. The lowest BCUT2D eigenvalue weighted by Gasteiger charge is -2.59. The first-order valence-electron chi connectivity index (χ1n) is 12.2. The molecular formula is C27H44O3.